The van der Waals surface area contributed by atoms with Crippen molar-refractivity contribution in [2.24, 2.45) is 0 Å². The Morgan fingerprint density at radius 2 is 1.60 bits per heavy atom. The van der Waals surface area contributed by atoms with Crippen LogP contribution in [-0.4, -0.2) is 49.3 Å². The Morgan fingerprint density at radius 3 is 2.33 bits per heavy atom. The average molecular weight is 647 g/mol. The van der Waals surface area contributed by atoms with E-state index in [9.17, 15) is 18.3 Å². The van der Waals surface area contributed by atoms with Crippen LogP contribution in [0.1, 0.15) is 13.0 Å². The third-order valence-corrected chi connectivity index (χ3v) is 8.59. The standard InChI is InChI=1S/C31H30N6O5S2.CH4/c1-42-24-15-22(14-23(38)17-24)34-30-31(36-27-12-5-4-11-26(27)35-30)37-44(40,41)25-10-7-9-21(16-25)33-29(39)19-32-18-20-8-3-6-13-28(20)43-2;/h3-17,32,38H,18-19H2,1-2H3,(H,33,39)(H,34,35)(H,36,37);1H4. The molecule has 0 aliphatic rings. The van der Waals surface area contributed by atoms with Gasteiger partial charge in [-0.05, 0) is 48.2 Å². The third kappa shape index (κ3) is 8.41. The molecule has 0 radical (unpaired) electrons. The van der Waals surface area contributed by atoms with Crippen LogP contribution in [0, 0.1) is 0 Å². The molecule has 5 rings (SSSR count). The van der Waals surface area contributed by atoms with Crippen molar-refractivity contribution < 1.29 is 23.1 Å². The SMILES string of the molecule is C.COc1cc(O)cc(Nc2nc3ccccc3nc2NS(=O)(=O)c2cccc(NC(=O)CNCc3ccccc3SC)c2)c1. The summed E-state index contributed by atoms with van der Waals surface area (Å²) in [5.41, 5.74) is 2.81. The molecule has 45 heavy (non-hydrogen) atoms. The molecule has 0 saturated heterocycles. The highest BCUT2D eigenvalue weighted by Crippen LogP contribution is 2.31. The number of anilines is 4. The molecule has 0 fully saturated rings. The molecular weight excluding hydrogens is 613 g/mol. The number of para-hydroxylation sites is 2. The number of amides is 1. The Balaban J connectivity index is 0.00000461. The van der Waals surface area contributed by atoms with Gasteiger partial charge in [0.15, 0.2) is 11.6 Å². The quantitative estimate of drug-likeness (QED) is 0.102. The van der Waals surface area contributed by atoms with Gasteiger partial charge in [-0.3, -0.25) is 9.52 Å². The smallest absolute Gasteiger partial charge is 0.263 e. The van der Waals surface area contributed by atoms with Crippen LogP contribution in [0.3, 0.4) is 0 Å². The van der Waals surface area contributed by atoms with Gasteiger partial charge in [-0.1, -0.05) is 43.8 Å². The first kappa shape index (κ1) is 33.1. The third-order valence-electron chi connectivity index (χ3n) is 6.41. The lowest BCUT2D eigenvalue weighted by Crippen LogP contribution is -2.28. The number of phenols is 1. The summed E-state index contributed by atoms with van der Waals surface area (Å²) < 4.78 is 34.8. The van der Waals surface area contributed by atoms with Crippen molar-refractivity contribution in [3.05, 3.63) is 96.6 Å². The minimum Gasteiger partial charge on any atom is -0.508 e. The van der Waals surface area contributed by atoms with Gasteiger partial charge in [0, 0.05) is 41.0 Å². The van der Waals surface area contributed by atoms with E-state index in [0.717, 1.165) is 10.5 Å². The van der Waals surface area contributed by atoms with Gasteiger partial charge in [0.25, 0.3) is 10.0 Å². The number of carbonyl (C=O) groups is 1. The lowest BCUT2D eigenvalue weighted by Gasteiger charge is -2.15. The predicted octanol–water partition coefficient (Wildman–Crippen LogP) is 5.97. The molecule has 4 aromatic carbocycles. The van der Waals surface area contributed by atoms with E-state index in [1.807, 2.05) is 30.5 Å². The van der Waals surface area contributed by atoms with E-state index in [0.29, 0.717) is 34.7 Å². The fraction of sp³-hybridized carbons (Fsp3) is 0.156. The number of aromatic hydroxyl groups is 1. The highest BCUT2D eigenvalue weighted by atomic mass is 32.2. The molecule has 0 aliphatic heterocycles. The van der Waals surface area contributed by atoms with E-state index in [1.165, 1.54) is 37.4 Å². The van der Waals surface area contributed by atoms with Gasteiger partial charge in [0.1, 0.15) is 11.5 Å². The van der Waals surface area contributed by atoms with E-state index in [1.54, 1.807) is 48.2 Å². The van der Waals surface area contributed by atoms with Crippen LogP contribution < -0.4 is 25.4 Å². The molecule has 0 spiro atoms. The molecule has 5 N–H and O–H groups in total. The summed E-state index contributed by atoms with van der Waals surface area (Å²) in [7, 11) is -2.71. The second-order valence-electron chi connectivity index (χ2n) is 9.55. The normalized spacial score (nSPS) is 11.0. The van der Waals surface area contributed by atoms with Gasteiger partial charge < -0.3 is 25.8 Å². The zero-order valence-electron chi connectivity index (χ0n) is 23.9. The number of hydrogen-bond donors (Lipinski definition) is 5. The van der Waals surface area contributed by atoms with Crippen molar-refractivity contribution in [3.8, 4) is 11.5 Å². The van der Waals surface area contributed by atoms with Crippen molar-refractivity contribution >= 4 is 61.7 Å². The number of aromatic nitrogens is 2. The number of fused-ring (bicyclic) bond motifs is 1. The van der Waals surface area contributed by atoms with Crippen LogP contribution >= 0.6 is 11.8 Å². The molecule has 1 aromatic heterocycles. The molecule has 234 valence electrons. The van der Waals surface area contributed by atoms with Gasteiger partial charge in [-0.15, -0.1) is 11.8 Å². The van der Waals surface area contributed by atoms with Crippen LogP contribution in [0.2, 0.25) is 0 Å². The van der Waals surface area contributed by atoms with Crippen molar-refractivity contribution in [1.29, 1.82) is 0 Å². The van der Waals surface area contributed by atoms with Crippen LogP contribution in [0.15, 0.2) is 101 Å². The topological polar surface area (TPSA) is 155 Å². The highest BCUT2D eigenvalue weighted by molar-refractivity contribution is 7.98. The average Bonchev–Trinajstić information content (AvgIpc) is 3.01. The Morgan fingerprint density at radius 1 is 0.889 bits per heavy atom. The Labute approximate surface area is 266 Å². The number of benzene rings is 4. The van der Waals surface area contributed by atoms with E-state index >= 15 is 0 Å². The first-order valence-electron chi connectivity index (χ1n) is 13.4. The molecule has 0 saturated carbocycles. The number of rotatable bonds is 12. The largest absolute Gasteiger partial charge is 0.508 e. The van der Waals surface area contributed by atoms with Gasteiger partial charge >= 0.3 is 0 Å². The first-order valence-corrected chi connectivity index (χ1v) is 16.1. The first-order chi connectivity index (χ1) is 21.2. The summed E-state index contributed by atoms with van der Waals surface area (Å²) in [5, 5.41) is 19.0. The Bertz CT molecular complexity index is 1920. The van der Waals surface area contributed by atoms with Crippen molar-refractivity contribution in [2.75, 3.05) is 35.3 Å². The minimum absolute atomic E-state index is 0. The summed E-state index contributed by atoms with van der Waals surface area (Å²) in [6.07, 6.45) is 2.00. The minimum atomic E-state index is -4.17. The maximum atomic E-state index is 13.5. The molecule has 0 bridgehead atoms. The summed E-state index contributed by atoms with van der Waals surface area (Å²) in [6, 6.07) is 25.4. The number of methoxy groups -OCH3 is 1. The zero-order valence-corrected chi connectivity index (χ0v) is 25.5. The number of hydrogen-bond acceptors (Lipinski definition) is 10. The van der Waals surface area contributed by atoms with Gasteiger partial charge in [-0.2, -0.15) is 0 Å². The van der Waals surface area contributed by atoms with Crippen LogP contribution in [0.5, 0.6) is 11.5 Å². The van der Waals surface area contributed by atoms with Crippen LogP contribution in [-0.2, 0) is 21.4 Å². The second-order valence-corrected chi connectivity index (χ2v) is 12.1. The molecular formula is C32H34N6O5S2. The molecule has 13 heteroatoms. The number of carbonyl (C=O) groups excluding carboxylic acids is 1. The zero-order chi connectivity index (χ0) is 31.1. The van der Waals surface area contributed by atoms with Crippen molar-refractivity contribution in [2.45, 2.75) is 23.8 Å². The summed E-state index contributed by atoms with van der Waals surface area (Å²) in [6.45, 7) is 0.556. The number of sulfonamides is 1. The molecule has 5 aromatic rings. The fourth-order valence-corrected chi connectivity index (χ4v) is 6.03. The van der Waals surface area contributed by atoms with Crippen LogP contribution in [0.25, 0.3) is 11.0 Å². The lowest BCUT2D eigenvalue weighted by atomic mass is 10.2. The van der Waals surface area contributed by atoms with Gasteiger partial charge in [0.2, 0.25) is 5.91 Å². The molecule has 1 heterocycles. The molecule has 1 amide bonds. The van der Waals surface area contributed by atoms with E-state index in [4.69, 9.17) is 4.74 Å². The molecule has 0 unspecified atom stereocenters. The van der Waals surface area contributed by atoms with E-state index in [2.05, 4.69) is 30.6 Å². The monoisotopic (exact) mass is 646 g/mol. The van der Waals surface area contributed by atoms with E-state index in [-0.39, 0.29) is 42.2 Å². The number of phenolic OH excluding ortho intramolecular Hbond substituents is 1. The number of thioether (sulfide) groups is 1. The second kappa shape index (κ2) is 14.8. The molecule has 0 aliphatic carbocycles. The Kier molecular flexibility index (Phi) is 10.8. The molecule has 11 nitrogen and oxygen atoms in total. The van der Waals surface area contributed by atoms with Crippen LogP contribution in [0.4, 0.5) is 23.0 Å². The maximum absolute atomic E-state index is 13.5. The Hall–Kier alpha value is -4.85. The predicted molar refractivity (Wildman–Crippen MR) is 180 cm³/mol. The fourth-order valence-electron chi connectivity index (χ4n) is 4.36. The van der Waals surface area contributed by atoms with E-state index < -0.39 is 10.0 Å². The summed E-state index contributed by atoms with van der Waals surface area (Å²) in [5.74, 6) is 0.0695. The summed E-state index contributed by atoms with van der Waals surface area (Å²) >= 11 is 1.63. The van der Waals surface area contributed by atoms with Crippen molar-refractivity contribution in [1.82, 2.24) is 15.3 Å². The number of ether oxygens (including phenoxy) is 1. The summed E-state index contributed by atoms with van der Waals surface area (Å²) in [4.78, 5) is 22.7. The number of nitrogens with zero attached hydrogens (tertiary/aromatic N) is 2. The molecule has 0 atom stereocenters. The number of nitrogens with one attached hydrogen (secondary N) is 4. The maximum Gasteiger partial charge on any atom is 0.263 e. The lowest BCUT2D eigenvalue weighted by molar-refractivity contribution is -0.115. The van der Waals surface area contributed by atoms with Gasteiger partial charge in [-0.25, -0.2) is 18.4 Å². The van der Waals surface area contributed by atoms with Crippen molar-refractivity contribution in [3.63, 3.8) is 0 Å². The van der Waals surface area contributed by atoms with Gasteiger partial charge in [0.05, 0.1) is 29.6 Å². The highest BCUT2D eigenvalue weighted by Gasteiger charge is 2.20.